The summed E-state index contributed by atoms with van der Waals surface area (Å²) in [7, 11) is 0. The highest BCUT2D eigenvalue weighted by Crippen LogP contribution is 2.42. The van der Waals surface area contributed by atoms with Gasteiger partial charge in [0.25, 0.3) is 5.91 Å². The standard InChI is InChI=1S/C19H14N6O2S/c1-9-4-2-6-23-17(9)25-18(26)15-14(21)13-12(11-5-3-7-27-11)10(8-20)16(22)24-19(13)28-15/h2-7H,21H2,1H3,(H2,22,24)(H,23,25,26). The summed E-state index contributed by atoms with van der Waals surface area (Å²) in [6, 6.07) is 9.06. The molecule has 1 amide bonds. The van der Waals surface area contributed by atoms with Gasteiger partial charge < -0.3 is 21.2 Å². The minimum absolute atomic E-state index is 0.0511. The van der Waals surface area contributed by atoms with Crippen molar-refractivity contribution in [3.05, 3.63) is 52.7 Å². The van der Waals surface area contributed by atoms with E-state index in [-0.39, 0.29) is 21.9 Å². The second kappa shape index (κ2) is 6.68. The minimum Gasteiger partial charge on any atom is -0.464 e. The number of nitrogen functional groups attached to an aromatic ring is 2. The van der Waals surface area contributed by atoms with E-state index in [2.05, 4.69) is 15.3 Å². The van der Waals surface area contributed by atoms with Gasteiger partial charge in [0.2, 0.25) is 0 Å². The average Bonchev–Trinajstić information content (AvgIpc) is 3.31. The Labute approximate surface area is 163 Å². The second-order valence-corrected chi connectivity index (χ2v) is 6.98. The molecule has 0 aliphatic carbocycles. The molecule has 0 fully saturated rings. The highest BCUT2D eigenvalue weighted by atomic mass is 32.1. The molecule has 0 bridgehead atoms. The van der Waals surface area contributed by atoms with Gasteiger partial charge in [0.15, 0.2) is 0 Å². The summed E-state index contributed by atoms with van der Waals surface area (Å²) in [4.78, 5) is 22.0. The first-order chi connectivity index (χ1) is 13.5. The van der Waals surface area contributed by atoms with Crippen molar-refractivity contribution in [1.29, 1.82) is 5.26 Å². The number of anilines is 3. The number of nitriles is 1. The zero-order valence-corrected chi connectivity index (χ0v) is 15.5. The predicted molar refractivity (Wildman–Crippen MR) is 108 cm³/mol. The number of nitrogens with zero attached hydrogens (tertiary/aromatic N) is 3. The number of carbonyl (C=O) groups is 1. The van der Waals surface area contributed by atoms with E-state index in [1.54, 1.807) is 24.4 Å². The number of hydrogen-bond acceptors (Lipinski definition) is 8. The van der Waals surface area contributed by atoms with Crippen molar-refractivity contribution in [2.75, 3.05) is 16.8 Å². The Kier molecular flexibility index (Phi) is 4.18. The molecule has 138 valence electrons. The lowest BCUT2D eigenvalue weighted by atomic mass is 10.0. The van der Waals surface area contributed by atoms with Gasteiger partial charge in [0.05, 0.1) is 17.5 Å². The second-order valence-electron chi connectivity index (χ2n) is 5.98. The lowest BCUT2D eigenvalue weighted by Gasteiger charge is -2.07. The van der Waals surface area contributed by atoms with Crippen LogP contribution in [0, 0.1) is 18.3 Å². The zero-order valence-electron chi connectivity index (χ0n) is 14.7. The molecule has 0 radical (unpaired) electrons. The Hall–Kier alpha value is -3.90. The van der Waals surface area contributed by atoms with Gasteiger partial charge >= 0.3 is 0 Å². The van der Waals surface area contributed by atoms with Crippen LogP contribution < -0.4 is 16.8 Å². The number of aryl methyl sites for hydroxylation is 1. The summed E-state index contributed by atoms with van der Waals surface area (Å²) in [5, 5.41) is 12.8. The van der Waals surface area contributed by atoms with Gasteiger partial charge in [-0.2, -0.15) is 5.26 Å². The van der Waals surface area contributed by atoms with E-state index < -0.39 is 5.91 Å². The van der Waals surface area contributed by atoms with Crippen LogP contribution in [0.4, 0.5) is 17.3 Å². The smallest absolute Gasteiger partial charge is 0.269 e. The highest BCUT2D eigenvalue weighted by Gasteiger charge is 2.25. The van der Waals surface area contributed by atoms with Crippen LogP contribution >= 0.6 is 11.3 Å². The number of fused-ring (bicyclic) bond motifs is 1. The molecule has 0 saturated heterocycles. The molecule has 4 aromatic heterocycles. The molecular weight excluding hydrogens is 376 g/mol. The number of hydrogen-bond donors (Lipinski definition) is 3. The number of aromatic nitrogens is 2. The molecule has 4 rings (SSSR count). The van der Waals surface area contributed by atoms with Crippen LogP contribution in [0.25, 0.3) is 21.5 Å². The molecule has 4 aromatic rings. The van der Waals surface area contributed by atoms with Crippen molar-refractivity contribution in [1.82, 2.24) is 9.97 Å². The average molecular weight is 390 g/mol. The van der Waals surface area contributed by atoms with E-state index in [9.17, 15) is 10.1 Å². The predicted octanol–water partition coefficient (Wildman–Crippen LogP) is 3.55. The Morgan fingerprint density at radius 1 is 1.32 bits per heavy atom. The Morgan fingerprint density at radius 2 is 2.14 bits per heavy atom. The molecule has 9 heteroatoms. The Morgan fingerprint density at radius 3 is 2.82 bits per heavy atom. The number of rotatable bonds is 3. The van der Waals surface area contributed by atoms with Crippen LogP contribution in [0.5, 0.6) is 0 Å². The maximum absolute atomic E-state index is 12.8. The molecule has 4 heterocycles. The summed E-state index contributed by atoms with van der Waals surface area (Å²) in [5.41, 5.74) is 13.9. The molecular formula is C19H14N6O2S. The number of nitrogens with one attached hydrogen (secondary N) is 1. The van der Waals surface area contributed by atoms with Crippen LogP contribution in [-0.4, -0.2) is 15.9 Å². The summed E-state index contributed by atoms with van der Waals surface area (Å²) in [6.45, 7) is 1.84. The molecule has 8 nitrogen and oxygen atoms in total. The summed E-state index contributed by atoms with van der Waals surface area (Å²) in [5.74, 6) is 0.508. The minimum atomic E-state index is -0.412. The van der Waals surface area contributed by atoms with E-state index in [4.69, 9.17) is 15.9 Å². The summed E-state index contributed by atoms with van der Waals surface area (Å²) >= 11 is 1.09. The number of furan rings is 1. The third kappa shape index (κ3) is 2.72. The zero-order chi connectivity index (χ0) is 19.8. The number of nitrogens with two attached hydrogens (primary N) is 2. The summed E-state index contributed by atoms with van der Waals surface area (Å²) in [6.07, 6.45) is 3.08. The van der Waals surface area contributed by atoms with Crippen molar-refractivity contribution >= 4 is 44.8 Å². The Bertz CT molecular complexity index is 1250. The highest BCUT2D eigenvalue weighted by molar-refractivity contribution is 7.21. The number of thiophene rings is 1. The maximum atomic E-state index is 12.8. The molecule has 0 aliphatic heterocycles. The molecule has 0 aliphatic rings. The quantitative estimate of drug-likeness (QED) is 0.485. The first kappa shape index (κ1) is 17.5. The molecule has 28 heavy (non-hydrogen) atoms. The number of pyridine rings is 2. The van der Waals surface area contributed by atoms with Crippen molar-refractivity contribution < 1.29 is 9.21 Å². The van der Waals surface area contributed by atoms with Crippen LogP contribution in [-0.2, 0) is 0 Å². The largest absolute Gasteiger partial charge is 0.464 e. The van der Waals surface area contributed by atoms with Gasteiger partial charge in [-0.15, -0.1) is 11.3 Å². The van der Waals surface area contributed by atoms with Crippen molar-refractivity contribution in [3.8, 4) is 17.4 Å². The van der Waals surface area contributed by atoms with E-state index in [0.717, 1.165) is 16.9 Å². The van der Waals surface area contributed by atoms with Gasteiger partial charge in [0, 0.05) is 11.6 Å². The molecule has 0 spiro atoms. The lowest BCUT2D eigenvalue weighted by molar-refractivity contribution is 0.103. The maximum Gasteiger partial charge on any atom is 0.269 e. The first-order valence-corrected chi connectivity index (χ1v) is 9.01. The molecule has 0 atom stereocenters. The molecule has 0 aromatic carbocycles. The Balaban J connectivity index is 1.90. The first-order valence-electron chi connectivity index (χ1n) is 8.19. The fourth-order valence-electron chi connectivity index (χ4n) is 2.90. The SMILES string of the molecule is Cc1cccnc1NC(=O)c1sc2nc(N)c(C#N)c(-c3ccco3)c2c1N. The summed E-state index contributed by atoms with van der Waals surface area (Å²) < 4.78 is 5.47. The number of amides is 1. The van der Waals surface area contributed by atoms with E-state index in [1.807, 2.05) is 19.1 Å². The van der Waals surface area contributed by atoms with E-state index in [0.29, 0.717) is 27.4 Å². The van der Waals surface area contributed by atoms with Crippen molar-refractivity contribution in [2.24, 2.45) is 0 Å². The van der Waals surface area contributed by atoms with Crippen LogP contribution in [0.2, 0.25) is 0 Å². The fraction of sp³-hybridized carbons (Fsp3) is 0.0526. The van der Waals surface area contributed by atoms with Gasteiger partial charge in [-0.05, 0) is 30.7 Å². The monoisotopic (exact) mass is 390 g/mol. The van der Waals surface area contributed by atoms with E-state index >= 15 is 0 Å². The topological polar surface area (TPSA) is 144 Å². The lowest BCUT2D eigenvalue weighted by Crippen LogP contribution is -2.13. The fourth-order valence-corrected chi connectivity index (χ4v) is 3.91. The molecule has 5 N–H and O–H groups in total. The van der Waals surface area contributed by atoms with Gasteiger partial charge in [-0.3, -0.25) is 4.79 Å². The molecule has 0 saturated carbocycles. The van der Waals surface area contributed by atoms with Crippen LogP contribution in [0.15, 0.2) is 41.1 Å². The van der Waals surface area contributed by atoms with Crippen LogP contribution in [0.3, 0.4) is 0 Å². The van der Waals surface area contributed by atoms with Gasteiger partial charge in [-0.25, -0.2) is 9.97 Å². The van der Waals surface area contributed by atoms with Crippen molar-refractivity contribution in [3.63, 3.8) is 0 Å². The normalized spacial score (nSPS) is 10.7. The third-order valence-electron chi connectivity index (χ3n) is 4.23. The van der Waals surface area contributed by atoms with Gasteiger partial charge in [-0.1, -0.05) is 6.07 Å². The van der Waals surface area contributed by atoms with Crippen molar-refractivity contribution in [2.45, 2.75) is 6.92 Å². The number of carbonyl (C=O) groups excluding carboxylic acids is 1. The van der Waals surface area contributed by atoms with Crippen LogP contribution in [0.1, 0.15) is 20.8 Å². The third-order valence-corrected chi connectivity index (χ3v) is 5.33. The van der Waals surface area contributed by atoms with E-state index in [1.165, 1.54) is 6.26 Å². The van der Waals surface area contributed by atoms with Gasteiger partial charge in [0.1, 0.15) is 38.7 Å². The molecule has 0 unspecified atom stereocenters.